The van der Waals surface area contributed by atoms with Crippen molar-refractivity contribution in [1.82, 2.24) is 9.13 Å². The minimum absolute atomic E-state index is 0.0135. The van der Waals surface area contributed by atoms with Crippen molar-refractivity contribution in [2.24, 2.45) is 0 Å². The molecule has 1 aliphatic rings. The number of amides is 1. The molecule has 31 heavy (non-hydrogen) atoms. The molecule has 2 aromatic rings. The van der Waals surface area contributed by atoms with E-state index in [4.69, 9.17) is 0 Å². The number of carbonyl (C=O) groups is 3. The van der Waals surface area contributed by atoms with Crippen LogP contribution >= 0.6 is 0 Å². The average Bonchev–Trinajstić information content (AvgIpc) is 3.60. The molecule has 1 N–H and O–H groups in total. The van der Waals surface area contributed by atoms with E-state index < -0.39 is 35.6 Å². The van der Waals surface area contributed by atoms with Crippen molar-refractivity contribution in [2.45, 2.75) is 25.4 Å². The third-order valence-corrected chi connectivity index (χ3v) is 4.62. The molecule has 1 aromatic carbocycles. The van der Waals surface area contributed by atoms with Gasteiger partial charge in [-0.15, -0.1) is 0 Å². The molecule has 3 rings (SSSR count). The van der Waals surface area contributed by atoms with Crippen molar-refractivity contribution in [3.63, 3.8) is 0 Å². The number of hydrogen-bond acceptors (Lipinski definition) is 8. The van der Waals surface area contributed by atoms with E-state index in [9.17, 15) is 29.2 Å². The molecule has 160 valence electrons. The lowest BCUT2D eigenvalue weighted by atomic mass is 10.1. The molecule has 1 fully saturated rings. The number of aromatic nitrogens is 2. The van der Waals surface area contributed by atoms with Gasteiger partial charge < -0.3 is 14.8 Å². The quantitative estimate of drug-likeness (QED) is 0.654. The van der Waals surface area contributed by atoms with Crippen LogP contribution in [0.1, 0.15) is 45.2 Å². The summed E-state index contributed by atoms with van der Waals surface area (Å²) >= 11 is 0. The van der Waals surface area contributed by atoms with E-state index in [1.807, 2.05) is 0 Å². The Morgan fingerprint density at radius 2 is 1.68 bits per heavy atom. The highest BCUT2D eigenvalue weighted by Crippen LogP contribution is 2.33. The van der Waals surface area contributed by atoms with Crippen molar-refractivity contribution >= 4 is 23.5 Å². The molecule has 0 unspecified atom stereocenters. The van der Waals surface area contributed by atoms with Gasteiger partial charge in [0.25, 0.3) is 5.56 Å². The summed E-state index contributed by atoms with van der Waals surface area (Å²) in [6, 6.07) is 5.41. The predicted octanol–water partition coefficient (Wildman–Crippen LogP) is 0.428. The Balaban J connectivity index is 1.93. The van der Waals surface area contributed by atoms with Crippen molar-refractivity contribution in [3.05, 3.63) is 61.9 Å². The van der Waals surface area contributed by atoms with Crippen LogP contribution in [0.2, 0.25) is 0 Å². The first kappa shape index (κ1) is 21.5. The van der Waals surface area contributed by atoms with Crippen LogP contribution in [0.25, 0.3) is 0 Å². The van der Waals surface area contributed by atoms with Gasteiger partial charge in [-0.1, -0.05) is 0 Å². The van der Waals surface area contributed by atoms with Gasteiger partial charge in [-0.3, -0.25) is 14.2 Å². The largest absolute Gasteiger partial charge is 0.465 e. The maximum atomic E-state index is 12.6. The lowest BCUT2D eigenvalue weighted by Crippen LogP contribution is -2.43. The summed E-state index contributed by atoms with van der Waals surface area (Å²) in [4.78, 5) is 61.3. The van der Waals surface area contributed by atoms with Gasteiger partial charge in [0.1, 0.15) is 18.2 Å². The number of hydrogen-bond donors (Lipinski definition) is 1. The van der Waals surface area contributed by atoms with Crippen LogP contribution in [0.5, 0.6) is 0 Å². The Morgan fingerprint density at radius 1 is 1.10 bits per heavy atom. The summed E-state index contributed by atoms with van der Waals surface area (Å²) < 4.78 is 11.2. The summed E-state index contributed by atoms with van der Waals surface area (Å²) in [7, 11) is 2.32. The Labute approximate surface area is 175 Å². The van der Waals surface area contributed by atoms with Gasteiger partial charge in [0.2, 0.25) is 5.91 Å². The lowest BCUT2D eigenvalue weighted by molar-refractivity contribution is -0.116. The molecule has 0 atom stereocenters. The Morgan fingerprint density at radius 3 is 2.16 bits per heavy atom. The molecule has 0 saturated heterocycles. The second kappa shape index (κ2) is 8.66. The molecular formula is C20H18N4O7. The summed E-state index contributed by atoms with van der Waals surface area (Å²) in [6.45, 7) is -0.657. The van der Waals surface area contributed by atoms with Gasteiger partial charge in [0, 0.05) is 17.9 Å². The van der Waals surface area contributed by atoms with Crippen molar-refractivity contribution < 1.29 is 23.9 Å². The van der Waals surface area contributed by atoms with Crippen LogP contribution in [0.4, 0.5) is 5.69 Å². The van der Waals surface area contributed by atoms with Gasteiger partial charge in [-0.2, -0.15) is 5.26 Å². The Hall–Kier alpha value is -4.20. The number of rotatable bonds is 6. The highest BCUT2D eigenvalue weighted by atomic mass is 16.5. The van der Waals surface area contributed by atoms with Crippen molar-refractivity contribution in [1.29, 1.82) is 5.26 Å². The first-order valence-corrected chi connectivity index (χ1v) is 9.16. The molecule has 11 heteroatoms. The number of ether oxygens (including phenoxy) is 2. The number of carbonyl (C=O) groups excluding carboxylic acids is 3. The zero-order valence-corrected chi connectivity index (χ0v) is 16.7. The monoisotopic (exact) mass is 426 g/mol. The third-order valence-electron chi connectivity index (χ3n) is 4.62. The molecule has 11 nitrogen and oxygen atoms in total. The Bertz CT molecular complexity index is 1200. The fraction of sp³-hybridized carbons (Fsp3) is 0.300. The normalized spacial score (nSPS) is 12.5. The predicted molar refractivity (Wildman–Crippen MR) is 106 cm³/mol. The van der Waals surface area contributed by atoms with E-state index in [0.29, 0.717) is 4.57 Å². The van der Waals surface area contributed by atoms with Crippen LogP contribution in [0.15, 0.2) is 34.0 Å². The summed E-state index contributed by atoms with van der Waals surface area (Å²) in [5.74, 6) is -2.26. The van der Waals surface area contributed by atoms with E-state index in [0.717, 1.165) is 27.1 Å². The van der Waals surface area contributed by atoms with E-state index in [1.54, 1.807) is 6.07 Å². The topological polar surface area (TPSA) is 149 Å². The molecule has 0 radical (unpaired) electrons. The van der Waals surface area contributed by atoms with Gasteiger partial charge in [0.15, 0.2) is 0 Å². The minimum atomic E-state index is -0.877. The fourth-order valence-electron chi connectivity index (χ4n) is 2.97. The first-order chi connectivity index (χ1) is 14.8. The molecular weight excluding hydrogens is 408 g/mol. The summed E-state index contributed by atoms with van der Waals surface area (Å²) in [6.07, 6.45) is 2.69. The van der Waals surface area contributed by atoms with Crippen LogP contribution in [-0.2, 0) is 20.8 Å². The maximum absolute atomic E-state index is 12.6. The fourth-order valence-corrected chi connectivity index (χ4v) is 2.97. The number of esters is 2. The second-order valence-electron chi connectivity index (χ2n) is 6.80. The Kier molecular flexibility index (Phi) is 6.01. The molecule has 1 saturated carbocycles. The van der Waals surface area contributed by atoms with Gasteiger partial charge in [-0.05, 0) is 31.0 Å². The summed E-state index contributed by atoms with van der Waals surface area (Å²) in [5.41, 5.74) is -1.79. The maximum Gasteiger partial charge on any atom is 0.337 e. The van der Waals surface area contributed by atoms with Crippen molar-refractivity contribution in [2.75, 3.05) is 19.5 Å². The molecule has 1 heterocycles. The molecule has 1 amide bonds. The van der Waals surface area contributed by atoms with Gasteiger partial charge in [-0.25, -0.2) is 19.0 Å². The summed E-state index contributed by atoms with van der Waals surface area (Å²) in [5, 5.41) is 11.6. The molecule has 1 aromatic heterocycles. The molecule has 1 aliphatic carbocycles. The number of nitrogens with one attached hydrogen (secondary N) is 1. The molecule has 0 aliphatic heterocycles. The molecule has 0 bridgehead atoms. The number of methoxy groups -OCH3 is 2. The minimum Gasteiger partial charge on any atom is -0.465 e. The number of nitrogens with zero attached hydrogens (tertiary/aromatic N) is 3. The van der Waals surface area contributed by atoms with Crippen LogP contribution in [0.3, 0.4) is 0 Å². The van der Waals surface area contributed by atoms with E-state index in [2.05, 4.69) is 14.8 Å². The zero-order valence-electron chi connectivity index (χ0n) is 16.7. The third kappa shape index (κ3) is 4.53. The lowest BCUT2D eigenvalue weighted by Gasteiger charge is -2.12. The molecule has 0 spiro atoms. The van der Waals surface area contributed by atoms with Crippen molar-refractivity contribution in [3.8, 4) is 6.07 Å². The number of nitriles is 1. The van der Waals surface area contributed by atoms with E-state index in [1.165, 1.54) is 29.0 Å². The van der Waals surface area contributed by atoms with Gasteiger partial charge in [0.05, 0.1) is 25.3 Å². The van der Waals surface area contributed by atoms with Crippen LogP contribution in [-0.4, -0.2) is 41.2 Å². The SMILES string of the molecule is COC(=O)c1cc(NC(=O)Cn2c(=O)c(C#N)cn(C3CC3)c2=O)cc(C(=O)OC)c1. The van der Waals surface area contributed by atoms with E-state index in [-0.39, 0.29) is 28.4 Å². The highest BCUT2D eigenvalue weighted by Gasteiger charge is 2.27. The smallest absolute Gasteiger partial charge is 0.337 e. The van der Waals surface area contributed by atoms with Crippen LogP contribution < -0.4 is 16.6 Å². The number of anilines is 1. The van der Waals surface area contributed by atoms with Crippen LogP contribution in [0, 0.1) is 11.3 Å². The number of benzene rings is 1. The highest BCUT2D eigenvalue weighted by molar-refractivity contribution is 5.99. The standard InChI is InChI=1S/C20H18N4O7/c1-30-18(27)11-5-12(19(28)31-2)7-14(6-11)22-16(25)10-24-17(26)13(8-21)9-23(20(24)29)15-3-4-15/h5-7,9,15H,3-4,10H2,1-2H3,(H,22,25). The average molecular weight is 426 g/mol. The second-order valence-corrected chi connectivity index (χ2v) is 6.80. The van der Waals surface area contributed by atoms with Gasteiger partial charge >= 0.3 is 17.6 Å². The first-order valence-electron chi connectivity index (χ1n) is 9.16. The zero-order chi connectivity index (χ0) is 22.7. The van der Waals surface area contributed by atoms with E-state index >= 15 is 0 Å².